The number of nitrogens with zero attached hydrogens (tertiary/aromatic N) is 3. The monoisotopic (exact) mass is 526 g/mol. The Kier molecular flexibility index (Phi) is 7.48. The van der Waals surface area contributed by atoms with Crippen LogP contribution in [0.1, 0.15) is 30.4 Å². The van der Waals surface area contributed by atoms with E-state index in [2.05, 4.69) is 25.2 Å². The second-order valence-electron chi connectivity index (χ2n) is 7.99. The summed E-state index contributed by atoms with van der Waals surface area (Å²) in [5.74, 6) is -0.239. The summed E-state index contributed by atoms with van der Waals surface area (Å²) >= 11 is -1.30. The first-order valence-corrected chi connectivity index (χ1v) is 18.0. The number of rotatable bonds is 7. The van der Waals surface area contributed by atoms with Gasteiger partial charge in [-0.25, -0.2) is 0 Å². The number of nitrogens with one attached hydrogen (secondary N) is 1. The van der Waals surface area contributed by atoms with Gasteiger partial charge in [0.1, 0.15) is 0 Å². The van der Waals surface area contributed by atoms with E-state index in [0.29, 0.717) is 23.5 Å². The van der Waals surface area contributed by atoms with Crippen molar-refractivity contribution in [3.63, 3.8) is 0 Å². The Balaban J connectivity index is 2.14. The van der Waals surface area contributed by atoms with Crippen LogP contribution in [-0.2, 0) is 0 Å². The van der Waals surface area contributed by atoms with E-state index in [-0.39, 0.29) is 29.0 Å². The molecule has 1 amide bonds. The van der Waals surface area contributed by atoms with Crippen molar-refractivity contribution in [2.45, 2.75) is 34.2 Å². The average molecular weight is 525 g/mol. The normalized spacial score (nSPS) is 11.2. The molecule has 0 aliphatic carbocycles. The number of nitrogen functional groups attached to an aromatic ring is 1. The van der Waals surface area contributed by atoms with Crippen LogP contribution >= 0.6 is 0 Å². The van der Waals surface area contributed by atoms with Crippen LogP contribution in [0.5, 0.6) is 0 Å². The minimum absolute atomic E-state index is 0.0148. The Bertz CT molecular complexity index is 1130. The van der Waals surface area contributed by atoms with Crippen molar-refractivity contribution in [2.24, 2.45) is 0 Å². The molecule has 31 heavy (non-hydrogen) atoms. The van der Waals surface area contributed by atoms with Gasteiger partial charge < -0.3 is 0 Å². The van der Waals surface area contributed by atoms with Gasteiger partial charge in [-0.15, -0.1) is 0 Å². The molecular weight excluding hydrogens is 497 g/mol. The van der Waals surface area contributed by atoms with E-state index in [1.54, 1.807) is 16.8 Å². The Hall–Kier alpha value is -2.68. The number of carbonyl (C=O) groups excluding carboxylic acids is 1. The standard InChI is InChI=1S/C21H22N5O2.2CH3.Sn/c1-4-23-21(28)19-20(22)25-17(14-8-6-5-7-9-14)18(24-19)15-10-11-16(27)26(12-15)13(2)3;;;/h5-13H,1,4H2,2-3H3,(H2,22,25)(H,23,28);2*1H3;. The minimum atomic E-state index is -1.30. The first-order valence-electron chi connectivity index (χ1n) is 10.3. The fraction of sp³-hybridized carbons (Fsp3) is 0.304. The maximum atomic E-state index is 12.8. The topological polar surface area (TPSA) is 103 Å². The second-order valence-corrected chi connectivity index (χ2v) is 16.3. The zero-order valence-electron chi connectivity index (χ0n) is 18.3. The number of hydrogen-bond acceptors (Lipinski definition) is 5. The van der Waals surface area contributed by atoms with Crippen molar-refractivity contribution in [2.75, 3.05) is 12.3 Å². The third kappa shape index (κ3) is 5.52. The van der Waals surface area contributed by atoms with Crippen molar-refractivity contribution in [3.05, 3.63) is 64.7 Å². The van der Waals surface area contributed by atoms with Crippen molar-refractivity contribution in [1.29, 1.82) is 0 Å². The third-order valence-electron chi connectivity index (χ3n) is 4.86. The average Bonchev–Trinajstić information content (AvgIpc) is 2.74. The maximum absolute atomic E-state index is 12.8. The number of benzene rings is 1. The number of hydrogen-bond donors (Lipinski definition) is 2. The van der Waals surface area contributed by atoms with Gasteiger partial charge in [-0.3, -0.25) is 0 Å². The van der Waals surface area contributed by atoms with Crippen LogP contribution < -0.4 is 16.6 Å². The molecule has 7 nitrogen and oxygen atoms in total. The first kappa shape index (κ1) is 23.0. The van der Waals surface area contributed by atoms with Gasteiger partial charge in [-0.2, -0.15) is 0 Å². The molecule has 0 aliphatic rings. The van der Waals surface area contributed by atoms with E-state index in [9.17, 15) is 9.59 Å². The molecule has 0 saturated carbocycles. The molecule has 0 aliphatic heterocycles. The molecule has 1 radical (unpaired) electrons. The van der Waals surface area contributed by atoms with Crippen LogP contribution in [0.3, 0.4) is 0 Å². The molecule has 2 heterocycles. The van der Waals surface area contributed by atoms with E-state index >= 15 is 0 Å². The van der Waals surface area contributed by atoms with E-state index in [0.717, 1.165) is 10.0 Å². The molecular formula is C23H28N5O2Sn. The van der Waals surface area contributed by atoms with Gasteiger partial charge in [-0.1, -0.05) is 0 Å². The summed E-state index contributed by atoms with van der Waals surface area (Å²) in [5.41, 5.74) is 8.79. The summed E-state index contributed by atoms with van der Waals surface area (Å²) in [6.07, 6.45) is 1.76. The van der Waals surface area contributed by atoms with Gasteiger partial charge in [0.25, 0.3) is 0 Å². The summed E-state index contributed by atoms with van der Waals surface area (Å²) in [5, 5.41) is 2.92. The Morgan fingerprint density at radius 2 is 1.74 bits per heavy atom. The van der Waals surface area contributed by atoms with Crippen molar-refractivity contribution >= 4 is 31.5 Å². The van der Waals surface area contributed by atoms with Gasteiger partial charge >= 0.3 is 190 Å². The van der Waals surface area contributed by atoms with Crippen LogP contribution in [0.25, 0.3) is 22.5 Å². The van der Waals surface area contributed by atoms with Crippen LogP contribution in [0.15, 0.2) is 53.5 Å². The summed E-state index contributed by atoms with van der Waals surface area (Å²) in [7, 11) is 0. The van der Waals surface area contributed by atoms with Crippen molar-refractivity contribution in [3.8, 4) is 22.5 Å². The number of pyridine rings is 1. The van der Waals surface area contributed by atoms with Gasteiger partial charge in [0.05, 0.1) is 0 Å². The zero-order chi connectivity index (χ0) is 22.5. The van der Waals surface area contributed by atoms with Crippen molar-refractivity contribution < 1.29 is 4.79 Å². The first-order chi connectivity index (χ1) is 14.8. The van der Waals surface area contributed by atoms with Gasteiger partial charge in [0.2, 0.25) is 0 Å². The number of carbonyl (C=O) groups is 1. The SMILES string of the molecule is CC(C)n1cc(-c2nc(C(=O)NC[CH2][Sn]([CH3])[CH3])c(N)nc2-c2ccccc2)ccc1=O. The number of aromatic nitrogens is 3. The van der Waals surface area contributed by atoms with Gasteiger partial charge in [0, 0.05) is 0 Å². The van der Waals surface area contributed by atoms with Crippen LogP contribution in [0.2, 0.25) is 14.3 Å². The third-order valence-corrected chi connectivity index (χ3v) is 8.43. The molecule has 0 bridgehead atoms. The molecule has 8 heteroatoms. The molecule has 161 valence electrons. The van der Waals surface area contributed by atoms with Crippen molar-refractivity contribution in [1.82, 2.24) is 19.9 Å². The molecule has 0 unspecified atom stereocenters. The van der Waals surface area contributed by atoms with E-state index in [1.807, 2.05) is 44.2 Å². The van der Waals surface area contributed by atoms with Crippen LogP contribution in [0.4, 0.5) is 5.82 Å². The number of nitrogens with two attached hydrogens (primary N) is 1. The Morgan fingerprint density at radius 1 is 1.06 bits per heavy atom. The van der Waals surface area contributed by atoms with E-state index < -0.39 is 19.8 Å². The Morgan fingerprint density at radius 3 is 2.39 bits per heavy atom. The molecule has 2 aromatic heterocycles. The zero-order valence-corrected chi connectivity index (χ0v) is 21.2. The van der Waals surface area contributed by atoms with Crippen LogP contribution in [-0.4, -0.2) is 46.7 Å². The molecule has 0 fully saturated rings. The van der Waals surface area contributed by atoms with Gasteiger partial charge in [-0.05, 0) is 0 Å². The predicted octanol–water partition coefficient (Wildman–Crippen LogP) is 3.62. The number of anilines is 1. The molecule has 0 saturated heterocycles. The predicted molar refractivity (Wildman–Crippen MR) is 127 cm³/mol. The molecule has 1 aromatic carbocycles. The second kappa shape index (κ2) is 10.1. The molecule has 0 atom stereocenters. The fourth-order valence-corrected chi connectivity index (χ4v) is 4.95. The fourth-order valence-electron chi connectivity index (χ4n) is 3.17. The molecule has 3 aromatic rings. The number of amides is 1. The quantitative estimate of drug-likeness (QED) is 0.459. The van der Waals surface area contributed by atoms with E-state index in [1.165, 1.54) is 6.07 Å². The summed E-state index contributed by atoms with van der Waals surface area (Å²) in [6.45, 7) is 4.50. The molecule has 3 N–H and O–H groups in total. The van der Waals surface area contributed by atoms with E-state index in [4.69, 9.17) is 5.73 Å². The van der Waals surface area contributed by atoms with Gasteiger partial charge in [0.15, 0.2) is 0 Å². The molecule has 3 rings (SSSR count). The summed E-state index contributed by atoms with van der Waals surface area (Å²) < 4.78 is 2.69. The van der Waals surface area contributed by atoms with Crippen LogP contribution in [0, 0.1) is 0 Å². The summed E-state index contributed by atoms with van der Waals surface area (Å²) in [6, 6.07) is 12.8. The molecule has 0 spiro atoms. The summed E-state index contributed by atoms with van der Waals surface area (Å²) in [4.78, 5) is 38.8. The Labute approximate surface area is 189 Å².